The maximum Gasteiger partial charge on any atom is 0.141 e. The molecule has 0 aliphatic carbocycles. The van der Waals surface area contributed by atoms with Gasteiger partial charge >= 0.3 is 0 Å². The number of nitrogens with zero attached hydrogens (tertiary/aromatic N) is 4. The second-order valence-corrected chi connectivity index (χ2v) is 6.45. The summed E-state index contributed by atoms with van der Waals surface area (Å²) in [5, 5.41) is 8.06. The molecule has 0 bridgehead atoms. The molecule has 3 rings (SSSR count). The van der Waals surface area contributed by atoms with Crippen LogP contribution < -0.4 is 5.32 Å². The van der Waals surface area contributed by atoms with Crippen molar-refractivity contribution in [2.24, 2.45) is 0 Å². The highest BCUT2D eigenvalue weighted by atomic mass is 15.4. The second kappa shape index (κ2) is 6.22. The summed E-state index contributed by atoms with van der Waals surface area (Å²) in [5.41, 5.74) is 0. The number of piperidine rings is 1. The molecule has 2 aliphatic rings. The highest BCUT2D eigenvalue weighted by Gasteiger charge is 2.32. The lowest BCUT2D eigenvalue weighted by atomic mass is 9.94. The van der Waals surface area contributed by atoms with E-state index in [2.05, 4.69) is 38.8 Å². The minimum Gasteiger partial charge on any atom is -0.312 e. The SMILES string of the molecule is CC(C)n1ncnc1CN1CCCCC1C1CCCN1. The molecule has 1 aromatic heterocycles. The maximum atomic E-state index is 4.48. The molecule has 2 saturated heterocycles. The normalized spacial score (nSPS) is 28.4. The van der Waals surface area contributed by atoms with Crippen LogP contribution in [0.25, 0.3) is 0 Å². The van der Waals surface area contributed by atoms with Crippen molar-refractivity contribution in [3.05, 3.63) is 12.2 Å². The third-order valence-electron chi connectivity index (χ3n) is 4.71. The van der Waals surface area contributed by atoms with Crippen LogP contribution >= 0.6 is 0 Å². The number of likely N-dealkylation sites (tertiary alicyclic amines) is 1. The summed E-state index contributed by atoms with van der Waals surface area (Å²) in [6.45, 7) is 7.68. The minimum atomic E-state index is 0.389. The van der Waals surface area contributed by atoms with Gasteiger partial charge in [-0.2, -0.15) is 5.10 Å². The predicted octanol–water partition coefficient (Wildman–Crippen LogP) is 1.97. The van der Waals surface area contributed by atoms with Crippen LogP contribution in [0.1, 0.15) is 57.8 Å². The Morgan fingerprint density at radius 3 is 2.95 bits per heavy atom. The zero-order valence-corrected chi connectivity index (χ0v) is 12.8. The Morgan fingerprint density at radius 1 is 1.30 bits per heavy atom. The van der Waals surface area contributed by atoms with Crippen LogP contribution in [0.4, 0.5) is 0 Å². The lowest BCUT2D eigenvalue weighted by molar-refractivity contribution is 0.107. The van der Waals surface area contributed by atoms with E-state index < -0.39 is 0 Å². The second-order valence-electron chi connectivity index (χ2n) is 6.45. The van der Waals surface area contributed by atoms with Crippen molar-refractivity contribution in [3.63, 3.8) is 0 Å². The van der Waals surface area contributed by atoms with E-state index in [9.17, 15) is 0 Å². The standard InChI is InChI=1S/C15H27N5/c1-12(2)20-15(17-11-18-20)10-19-9-4-3-7-14(19)13-6-5-8-16-13/h11-14,16H,3-10H2,1-2H3. The quantitative estimate of drug-likeness (QED) is 0.914. The summed E-state index contributed by atoms with van der Waals surface area (Å²) < 4.78 is 2.06. The molecule has 1 N–H and O–H groups in total. The van der Waals surface area contributed by atoms with Gasteiger partial charge in [0, 0.05) is 18.1 Å². The van der Waals surface area contributed by atoms with Gasteiger partial charge in [0.05, 0.1) is 6.54 Å². The third-order valence-corrected chi connectivity index (χ3v) is 4.71. The first-order valence-corrected chi connectivity index (χ1v) is 8.11. The first-order valence-electron chi connectivity index (χ1n) is 8.11. The van der Waals surface area contributed by atoms with Crippen LogP contribution in [0.15, 0.2) is 6.33 Å². The van der Waals surface area contributed by atoms with Crippen LogP contribution in [0.2, 0.25) is 0 Å². The molecule has 0 saturated carbocycles. The molecule has 0 amide bonds. The first kappa shape index (κ1) is 14.0. The van der Waals surface area contributed by atoms with Gasteiger partial charge in [-0.05, 0) is 52.6 Å². The van der Waals surface area contributed by atoms with Gasteiger partial charge in [0.15, 0.2) is 0 Å². The smallest absolute Gasteiger partial charge is 0.141 e. The Labute approximate surface area is 121 Å². The summed E-state index contributed by atoms with van der Waals surface area (Å²) in [6.07, 6.45) is 8.38. The van der Waals surface area contributed by atoms with E-state index in [0.29, 0.717) is 18.1 Å². The molecule has 3 heterocycles. The lowest BCUT2D eigenvalue weighted by Gasteiger charge is -2.39. The highest BCUT2D eigenvalue weighted by molar-refractivity contribution is 4.94. The number of hydrogen-bond acceptors (Lipinski definition) is 4. The molecule has 2 atom stereocenters. The zero-order valence-electron chi connectivity index (χ0n) is 12.8. The van der Waals surface area contributed by atoms with Crippen molar-refractivity contribution in [2.75, 3.05) is 13.1 Å². The molecule has 1 aromatic rings. The Kier molecular flexibility index (Phi) is 4.36. The summed E-state index contributed by atoms with van der Waals surface area (Å²) in [7, 11) is 0. The molecular formula is C15H27N5. The number of rotatable bonds is 4. The van der Waals surface area contributed by atoms with E-state index >= 15 is 0 Å². The molecule has 2 unspecified atom stereocenters. The summed E-state index contributed by atoms with van der Waals surface area (Å²) in [5.74, 6) is 1.12. The lowest BCUT2D eigenvalue weighted by Crippen LogP contribution is -2.50. The van der Waals surface area contributed by atoms with E-state index in [4.69, 9.17) is 0 Å². The van der Waals surface area contributed by atoms with Crippen LogP contribution in [0, 0.1) is 0 Å². The Hall–Kier alpha value is -0.940. The van der Waals surface area contributed by atoms with Gasteiger partial charge in [0.2, 0.25) is 0 Å². The summed E-state index contributed by atoms with van der Waals surface area (Å²) in [4.78, 5) is 7.12. The predicted molar refractivity (Wildman–Crippen MR) is 79.5 cm³/mol. The fraction of sp³-hybridized carbons (Fsp3) is 0.867. The van der Waals surface area contributed by atoms with E-state index in [-0.39, 0.29) is 0 Å². The van der Waals surface area contributed by atoms with Gasteiger partial charge in [0.1, 0.15) is 12.2 Å². The average Bonchev–Trinajstić information content (AvgIpc) is 3.09. The van der Waals surface area contributed by atoms with Crippen molar-refractivity contribution >= 4 is 0 Å². The highest BCUT2D eigenvalue weighted by Crippen LogP contribution is 2.25. The molecule has 112 valence electrons. The number of hydrogen-bond donors (Lipinski definition) is 1. The monoisotopic (exact) mass is 277 g/mol. The fourth-order valence-corrected chi connectivity index (χ4v) is 3.71. The molecular weight excluding hydrogens is 250 g/mol. The number of nitrogens with one attached hydrogen (secondary N) is 1. The van der Waals surface area contributed by atoms with Gasteiger partial charge in [0.25, 0.3) is 0 Å². The average molecular weight is 277 g/mol. The topological polar surface area (TPSA) is 46.0 Å². The van der Waals surface area contributed by atoms with E-state index in [1.807, 2.05) is 0 Å². The van der Waals surface area contributed by atoms with Gasteiger partial charge < -0.3 is 5.32 Å². The molecule has 0 radical (unpaired) electrons. The Balaban J connectivity index is 1.71. The van der Waals surface area contributed by atoms with Crippen LogP contribution in [0.3, 0.4) is 0 Å². The first-order chi connectivity index (χ1) is 9.75. The molecule has 0 aromatic carbocycles. The van der Waals surface area contributed by atoms with Gasteiger partial charge in [-0.25, -0.2) is 9.67 Å². The van der Waals surface area contributed by atoms with Gasteiger partial charge in [-0.15, -0.1) is 0 Å². The Bertz CT molecular complexity index is 422. The Morgan fingerprint density at radius 2 is 2.20 bits per heavy atom. The van der Waals surface area contributed by atoms with Crippen molar-refractivity contribution in [2.45, 2.75) is 70.6 Å². The van der Waals surface area contributed by atoms with E-state index in [0.717, 1.165) is 12.4 Å². The number of aromatic nitrogens is 3. The molecule has 20 heavy (non-hydrogen) atoms. The summed E-state index contributed by atoms with van der Waals surface area (Å²) >= 11 is 0. The van der Waals surface area contributed by atoms with Gasteiger partial charge in [-0.3, -0.25) is 4.90 Å². The van der Waals surface area contributed by atoms with Crippen molar-refractivity contribution in [1.29, 1.82) is 0 Å². The zero-order chi connectivity index (χ0) is 13.9. The third kappa shape index (κ3) is 2.88. The largest absolute Gasteiger partial charge is 0.312 e. The van der Waals surface area contributed by atoms with Crippen molar-refractivity contribution in [1.82, 2.24) is 25.0 Å². The van der Waals surface area contributed by atoms with Crippen molar-refractivity contribution in [3.8, 4) is 0 Å². The molecule has 2 fully saturated rings. The van der Waals surface area contributed by atoms with E-state index in [1.165, 1.54) is 45.2 Å². The van der Waals surface area contributed by atoms with E-state index in [1.54, 1.807) is 6.33 Å². The van der Waals surface area contributed by atoms with Crippen LogP contribution in [0.5, 0.6) is 0 Å². The molecule has 5 heteroatoms. The van der Waals surface area contributed by atoms with Crippen LogP contribution in [-0.4, -0.2) is 44.8 Å². The molecule has 2 aliphatic heterocycles. The molecule has 0 spiro atoms. The molecule has 5 nitrogen and oxygen atoms in total. The summed E-state index contributed by atoms with van der Waals surface area (Å²) in [6, 6.07) is 1.76. The van der Waals surface area contributed by atoms with Gasteiger partial charge in [-0.1, -0.05) is 6.42 Å². The fourth-order valence-electron chi connectivity index (χ4n) is 3.71. The minimum absolute atomic E-state index is 0.389. The maximum absolute atomic E-state index is 4.48. The van der Waals surface area contributed by atoms with Crippen molar-refractivity contribution < 1.29 is 0 Å². The van der Waals surface area contributed by atoms with Crippen LogP contribution in [-0.2, 0) is 6.54 Å².